The van der Waals surface area contributed by atoms with E-state index >= 15 is 0 Å². The molecule has 94 valence electrons. The fourth-order valence-electron chi connectivity index (χ4n) is 1.64. The lowest BCUT2D eigenvalue weighted by atomic mass is 10.1. The predicted octanol–water partition coefficient (Wildman–Crippen LogP) is 5.00. The molecule has 0 aliphatic carbocycles. The molecule has 0 unspecified atom stereocenters. The van der Waals surface area contributed by atoms with Crippen LogP contribution < -0.4 is 0 Å². The van der Waals surface area contributed by atoms with Crippen molar-refractivity contribution in [2.24, 2.45) is 0 Å². The first kappa shape index (κ1) is 12.9. The van der Waals surface area contributed by atoms with E-state index in [-0.39, 0.29) is 0 Å². The van der Waals surface area contributed by atoms with Gasteiger partial charge in [-0.05, 0) is 41.1 Å². The summed E-state index contributed by atoms with van der Waals surface area (Å²) in [7, 11) is 0. The third kappa shape index (κ3) is 3.01. The van der Waals surface area contributed by atoms with E-state index in [2.05, 4.69) is 6.58 Å². The van der Waals surface area contributed by atoms with E-state index in [1.165, 1.54) is 12.1 Å². The van der Waals surface area contributed by atoms with Crippen LogP contribution >= 0.6 is 11.3 Å². The average molecular weight is 268 g/mol. The number of hydrogen-bond donors (Lipinski definition) is 0. The Labute approximate surface area is 107 Å². The number of alkyl halides is 3. The van der Waals surface area contributed by atoms with Crippen molar-refractivity contribution in [3.8, 4) is 0 Å². The van der Waals surface area contributed by atoms with Crippen LogP contribution in [0.4, 0.5) is 13.2 Å². The van der Waals surface area contributed by atoms with Crippen molar-refractivity contribution in [1.29, 1.82) is 0 Å². The van der Waals surface area contributed by atoms with Crippen molar-refractivity contribution in [3.63, 3.8) is 0 Å². The van der Waals surface area contributed by atoms with Gasteiger partial charge in [-0.25, -0.2) is 0 Å². The first-order valence-electron chi connectivity index (χ1n) is 5.35. The van der Waals surface area contributed by atoms with E-state index in [9.17, 15) is 13.2 Å². The highest BCUT2D eigenvalue weighted by Crippen LogP contribution is 2.29. The third-order valence-corrected chi connectivity index (χ3v) is 3.54. The van der Waals surface area contributed by atoms with Crippen molar-refractivity contribution >= 4 is 17.4 Å². The van der Waals surface area contributed by atoms with Gasteiger partial charge in [-0.1, -0.05) is 24.8 Å². The first-order valence-corrected chi connectivity index (χ1v) is 6.23. The zero-order chi connectivity index (χ0) is 13.2. The zero-order valence-corrected chi connectivity index (χ0v) is 10.3. The molecule has 1 heterocycles. The average Bonchev–Trinajstić information content (AvgIpc) is 2.76. The van der Waals surface area contributed by atoms with Crippen LogP contribution in [-0.2, 0) is 12.6 Å². The van der Waals surface area contributed by atoms with Crippen molar-refractivity contribution in [2.75, 3.05) is 0 Å². The van der Waals surface area contributed by atoms with Crippen LogP contribution in [-0.4, -0.2) is 0 Å². The second-order valence-electron chi connectivity index (χ2n) is 3.93. The molecular formula is C14H11F3S. The molecule has 0 bridgehead atoms. The maximum atomic E-state index is 12.4. The van der Waals surface area contributed by atoms with Crippen molar-refractivity contribution in [1.82, 2.24) is 0 Å². The van der Waals surface area contributed by atoms with E-state index in [1.54, 1.807) is 17.4 Å². The van der Waals surface area contributed by atoms with Gasteiger partial charge < -0.3 is 0 Å². The highest BCUT2D eigenvalue weighted by Gasteiger charge is 2.29. The summed E-state index contributed by atoms with van der Waals surface area (Å²) in [5.74, 6) is 0. The van der Waals surface area contributed by atoms with Crippen LogP contribution in [0.1, 0.15) is 21.6 Å². The minimum Gasteiger partial charge on any atom is -0.166 e. The first-order chi connectivity index (χ1) is 8.49. The lowest BCUT2D eigenvalue weighted by Crippen LogP contribution is -2.04. The molecule has 2 aromatic rings. The van der Waals surface area contributed by atoms with Gasteiger partial charge in [-0.15, -0.1) is 11.3 Å². The van der Waals surface area contributed by atoms with Crippen LogP contribution in [0, 0.1) is 0 Å². The van der Waals surface area contributed by atoms with Crippen molar-refractivity contribution in [2.45, 2.75) is 12.6 Å². The number of rotatable bonds is 3. The molecule has 1 aromatic heterocycles. The summed E-state index contributed by atoms with van der Waals surface area (Å²) in [4.78, 5) is 1.07. The molecule has 4 heteroatoms. The predicted molar refractivity (Wildman–Crippen MR) is 68.7 cm³/mol. The summed E-state index contributed by atoms with van der Waals surface area (Å²) in [6.07, 6.45) is -1.86. The number of hydrogen-bond acceptors (Lipinski definition) is 1. The Hall–Kier alpha value is -1.55. The molecule has 0 amide bonds. The maximum absolute atomic E-state index is 12.4. The Bertz CT molecular complexity index is 535. The second kappa shape index (κ2) is 4.98. The molecule has 0 spiro atoms. The molecule has 2 rings (SSSR count). The lowest BCUT2D eigenvalue weighted by Gasteiger charge is -2.07. The Kier molecular flexibility index (Phi) is 3.57. The highest BCUT2D eigenvalue weighted by atomic mass is 32.1. The van der Waals surface area contributed by atoms with Crippen molar-refractivity contribution in [3.05, 3.63) is 63.9 Å². The minimum absolute atomic E-state index is 0.608. The molecule has 0 fully saturated rings. The zero-order valence-electron chi connectivity index (χ0n) is 9.50. The molecule has 0 radical (unpaired) electrons. The summed E-state index contributed by atoms with van der Waals surface area (Å²) in [5.41, 5.74) is 1.36. The molecule has 18 heavy (non-hydrogen) atoms. The van der Waals surface area contributed by atoms with Gasteiger partial charge >= 0.3 is 6.18 Å². The summed E-state index contributed by atoms with van der Waals surface area (Å²) < 4.78 is 37.2. The molecule has 1 aromatic carbocycles. The van der Waals surface area contributed by atoms with Crippen LogP contribution in [0.2, 0.25) is 0 Å². The molecule has 0 aliphatic rings. The summed E-state index contributed by atoms with van der Waals surface area (Å²) in [6, 6.07) is 7.28. The lowest BCUT2D eigenvalue weighted by molar-refractivity contribution is -0.137. The van der Waals surface area contributed by atoms with E-state index in [0.29, 0.717) is 6.42 Å². The van der Waals surface area contributed by atoms with Crippen LogP contribution in [0.3, 0.4) is 0 Å². The van der Waals surface area contributed by atoms with Crippen molar-refractivity contribution < 1.29 is 13.2 Å². The maximum Gasteiger partial charge on any atom is 0.416 e. The Balaban J connectivity index is 2.13. The molecule has 0 atom stereocenters. The molecular weight excluding hydrogens is 257 g/mol. The van der Waals surface area contributed by atoms with Gasteiger partial charge in [0.25, 0.3) is 0 Å². The van der Waals surface area contributed by atoms with Gasteiger partial charge in [0.1, 0.15) is 0 Å². The van der Waals surface area contributed by atoms with Gasteiger partial charge in [0.2, 0.25) is 0 Å². The molecule has 0 aliphatic heterocycles. The number of thiophene rings is 1. The molecule has 0 N–H and O–H groups in total. The van der Waals surface area contributed by atoms with Gasteiger partial charge in [0.05, 0.1) is 5.56 Å². The minimum atomic E-state index is -4.27. The Morgan fingerprint density at radius 3 is 2.28 bits per heavy atom. The second-order valence-corrected chi connectivity index (χ2v) is 4.88. The van der Waals surface area contributed by atoms with Gasteiger partial charge in [0, 0.05) is 4.88 Å². The number of halogens is 3. The van der Waals surface area contributed by atoms with E-state index < -0.39 is 11.7 Å². The molecule has 0 saturated heterocycles. The molecule has 0 saturated carbocycles. The van der Waals surface area contributed by atoms with Crippen LogP contribution in [0.5, 0.6) is 0 Å². The Morgan fingerprint density at radius 1 is 1.11 bits per heavy atom. The molecule has 0 nitrogen and oxygen atoms in total. The third-order valence-electron chi connectivity index (χ3n) is 2.56. The largest absolute Gasteiger partial charge is 0.416 e. The van der Waals surface area contributed by atoms with Gasteiger partial charge in [0.15, 0.2) is 0 Å². The quantitative estimate of drug-likeness (QED) is 0.734. The SMILES string of the molecule is C=Cc1cc(Cc2ccc(C(F)(F)F)cc2)cs1. The Morgan fingerprint density at radius 2 is 1.78 bits per heavy atom. The summed E-state index contributed by atoms with van der Waals surface area (Å²) in [5, 5.41) is 1.99. The van der Waals surface area contributed by atoms with Gasteiger partial charge in [-0.2, -0.15) is 13.2 Å². The monoisotopic (exact) mass is 268 g/mol. The topological polar surface area (TPSA) is 0 Å². The van der Waals surface area contributed by atoms with E-state index in [4.69, 9.17) is 0 Å². The van der Waals surface area contributed by atoms with E-state index in [1.807, 2.05) is 11.4 Å². The summed E-state index contributed by atoms with van der Waals surface area (Å²) >= 11 is 1.58. The fourth-order valence-corrected chi connectivity index (χ4v) is 2.40. The standard InChI is InChI=1S/C14H11F3S/c1-2-13-8-11(9-18-13)7-10-3-5-12(6-4-10)14(15,16)17/h2-6,8-9H,1,7H2. The smallest absolute Gasteiger partial charge is 0.166 e. The van der Waals surface area contributed by atoms with Crippen LogP contribution in [0.15, 0.2) is 42.3 Å². The fraction of sp³-hybridized carbons (Fsp3) is 0.143. The van der Waals surface area contributed by atoms with Gasteiger partial charge in [-0.3, -0.25) is 0 Å². The normalized spacial score (nSPS) is 11.5. The van der Waals surface area contributed by atoms with Crippen LogP contribution in [0.25, 0.3) is 6.08 Å². The van der Waals surface area contributed by atoms with E-state index in [0.717, 1.165) is 28.1 Å². The highest BCUT2D eigenvalue weighted by molar-refractivity contribution is 7.11. The number of benzene rings is 1. The summed E-state index contributed by atoms with van der Waals surface area (Å²) in [6.45, 7) is 3.68.